The number of hydrogen-bond donors (Lipinski definition) is 0. The summed E-state index contributed by atoms with van der Waals surface area (Å²) in [6.45, 7) is 4.44. The lowest BCUT2D eigenvalue weighted by Gasteiger charge is -2.36. The number of anilines is 1. The number of hydrogen-bond acceptors (Lipinski definition) is 5. The van der Waals surface area contributed by atoms with Gasteiger partial charge < -0.3 is 4.74 Å². The van der Waals surface area contributed by atoms with E-state index in [-0.39, 0.29) is 18.2 Å². The number of carbonyl (C=O) groups excluding carboxylic acids is 2. The average Bonchev–Trinajstić information content (AvgIpc) is 3.06. The summed E-state index contributed by atoms with van der Waals surface area (Å²) < 4.78 is 5.76. The molecule has 6 nitrogen and oxygen atoms in total. The highest BCUT2D eigenvalue weighted by molar-refractivity contribution is 6.42. The van der Waals surface area contributed by atoms with E-state index in [1.807, 2.05) is 12.1 Å². The monoisotopic (exact) mass is 481 g/mol. The van der Waals surface area contributed by atoms with Crippen molar-refractivity contribution in [1.82, 2.24) is 9.80 Å². The van der Waals surface area contributed by atoms with Gasteiger partial charge >= 0.3 is 0 Å². The van der Waals surface area contributed by atoms with Crippen LogP contribution in [0, 0.1) is 0 Å². The number of halogens is 3. The molecule has 0 aliphatic carbocycles. The Morgan fingerprint density at radius 2 is 1.61 bits per heavy atom. The van der Waals surface area contributed by atoms with E-state index in [1.54, 1.807) is 30.3 Å². The number of benzene rings is 2. The van der Waals surface area contributed by atoms with Crippen LogP contribution >= 0.6 is 34.8 Å². The first kappa shape index (κ1) is 22.4. The van der Waals surface area contributed by atoms with E-state index in [1.165, 1.54) is 4.90 Å². The molecular weight excluding hydrogens is 461 g/mol. The van der Waals surface area contributed by atoms with E-state index < -0.39 is 6.04 Å². The number of ether oxygens (including phenoxy) is 1. The molecule has 9 heteroatoms. The van der Waals surface area contributed by atoms with Gasteiger partial charge in [-0.1, -0.05) is 34.8 Å². The van der Waals surface area contributed by atoms with E-state index in [9.17, 15) is 9.59 Å². The molecule has 2 aromatic carbocycles. The molecule has 2 aromatic rings. The van der Waals surface area contributed by atoms with E-state index in [0.717, 1.165) is 38.5 Å². The molecule has 2 aliphatic heterocycles. The second-order valence-corrected chi connectivity index (χ2v) is 8.82. The summed E-state index contributed by atoms with van der Waals surface area (Å²) in [5.74, 6) is 0.371. The van der Waals surface area contributed by atoms with Gasteiger partial charge in [-0.25, -0.2) is 4.90 Å². The normalized spacial score (nSPS) is 20.5. The molecule has 31 heavy (non-hydrogen) atoms. The van der Waals surface area contributed by atoms with Crippen molar-refractivity contribution in [2.75, 3.05) is 44.2 Å². The number of piperazine rings is 1. The number of imide groups is 1. The fraction of sp³-hybridized carbons (Fsp3) is 0.364. The fourth-order valence-electron chi connectivity index (χ4n) is 3.92. The maximum atomic E-state index is 13.0. The molecule has 2 saturated heterocycles. The van der Waals surface area contributed by atoms with Gasteiger partial charge in [0.2, 0.25) is 5.91 Å². The highest BCUT2D eigenvalue weighted by Crippen LogP contribution is 2.31. The smallest absolute Gasteiger partial charge is 0.251 e. The maximum absolute atomic E-state index is 13.0. The molecule has 0 bridgehead atoms. The van der Waals surface area contributed by atoms with Crippen molar-refractivity contribution < 1.29 is 14.3 Å². The Labute approximate surface area is 196 Å². The van der Waals surface area contributed by atoms with Gasteiger partial charge in [-0.2, -0.15) is 0 Å². The van der Waals surface area contributed by atoms with E-state index >= 15 is 0 Å². The molecule has 2 heterocycles. The Bertz CT molecular complexity index is 962. The SMILES string of the molecule is O=C1C[C@H](N2CCN(CCOc3ccc(Cl)cc3)CC2)C(=O)N1c1ccc(Cl)c(Cl)c1. The Morgan fingerprint density at radius 3 is 2.29 bits per heavy atom. The molecule has 0 radical (unpaired) electrons. The van der Waals surface area contributed by atoms with E-state index in [0.29, 0.717) is 27.4 Å². The van der Waals surface area contributed by atoms with Crippen LogP contribution in [0.2, 0.25) is 15.1 Å². The first-order chi connectivity index (χ1) is 14.9. The molecule has 2 aliphatic rings. The van der Waals surface area contributed by atoms with E-state index in [2.05, 4.69) is 9.80 Å². The largest absolute Gasteiger partial charge is 0.492 e. The standard InChI is InChI=1S/C22H22Cl3N3O3/c23-15-1-4-17(5-2-15)31-12-11-26-7-9-27(10-8-26)20-14-21(29)28(22(20)30)16-3-6-18(24)19(25)13-16/h1-6,13,20H,7-12,14H2/t20-/m0/s1. The zero-order valence-electron chi connectivity index (χ0n) is 16.8. The van der Waals surface area contributed by atoms with Crippen molar-refractivity contribution in [2.45, 2.75) is 12.5 Å². The Balaban J connectivity index is 1.28. The lowest BCUT2D eigenvalue weighted by molar-refractivity contribution is -0.123. The minimum Gasteiger partial charge on any atom is -0.492 e. The lowest BCUT2D eigenvalue weighted by Crippen LogP contribution is -2.53. The van der Waals surface area contributed by atoms with Crippen LogP contribution < -0.4 is 9.64 Å². The van der Waals surface area contributed by atoms with Gasteiger partial charge in [0.05, 0.1) is 28.2 Å². The number of carbonyl (C=O) groups is 2. The average molecular weight is 483 g/mol. The quantitative estimate of drug-likeness (QED) is 0.583. The highest BCUT2D eigenvalue weighted by Gasteiger charge is 2.43. The summed E-state index contributed by atoms with van der Waals surface area (Å²) in [5, 5.41) is 1.39. The predicted molar refractivity (Wildman–Crippen MR) is 122 cm³/mol. The van der Waals surface area contributed by atoms with Crippen molar-refractivity contribution in [3.05, 3.63) is 57.5 Å². The van der Waals surface area contributed by atoms with Gasteiger partial charge in [-0.15, -0.1) is 0 Å². The Hall–Kier alpha value is -1.83. The zero-order chi connectivity index (χ0) is 22.0. The molecule has 0 spiro atoms. The highest BCUT2D eigenvalue weighted by atomic mass is 35.5. The molecule has 1 atom stereocenters. The van der Waals surface area contributed by atoms with Gasteiger partial charge in [0, 0.05) is 37.7 Å². The summed E-state index contributed by atoms with van der Waals surface area (Å²) >= 11 is 17.9. The van der Waals surface area contributed by atoms with Crippen LogP contribution in [0.15, 0.2) is 42.5 Å². The first-order valence-electron chi connectivity index (χ1n) is 10.1. The van der Waals surface area contributed by atoms with Crippen LogP contribution in [-0.2, 0) is 9.59 Å². The topological polar surface area (TPSA) is 53.1 Å². The Kier molecular flexibility index (Phi) is 7.04. The van der Waals surface area contributed by atoms with Gasteiger partial charge in [-0.05, 0) is 42.5 Å². The third-order valence-electron chi connectivity index (χ3n) is 5.62. The second kappa shape index (κ2) is 9.76. The van der Waals surface area contributed by atoms with Crippen LogP contribution in [0.3, 0.4) is 0 Å². The second-order valence-electron chi connectivity index (χ2n) is 7.57. The van der Waals surface area contributed by atoms with Crippen molar-refractivity contribution in [1.29, 1.82) is 0 Å². The minimum absolute atomic E-state index is 0.179. The van der Waals surface area contributed by atoms with Gasteiger partial charge in [-0.3, -0.25) is 19.4 Å². The molecule has 4 rings (SSSR count). The zero-order valence-corrected chi connectivity index (χ0v) is 19.0. The van der Waals surface area contributed by atoms with Crippen LogP contribution in [0.4, 0.5) is 5.69 Å². The van der Waals surface area contributed by atoms with Crippen LogP contribution in [0.5, 0.6) is 5.75 Å². The van der Waals surface area contributed by atoms with Gasteiger partial charge in [0.1, 0.15) is 12.4 Å². The molecular formula is C22H22Cl3N3O3. The fourth-order valence-corrected chi connectivity index (χ4v) is 4.34. The van der Waals surface area contributed by atoms with Crippen LogP contribution in [0.1, 0.15) is 6.42 Å². The summed E-state index contributed by atoms with van der Waals surface area (Å²) in [6.07, 6.45) is 0.179. The summed E-state index contributed by atoms with van der Waals surface area (Å²) in [6, 6.07) is 11.7. The first-order valence-corrected chi connectivity index (χ1v) is 11.2. The summed E-state index contributed by atoms with van der Waals surface area (Å²) in [5.41, 5.74) is 0.463. The summed E-state index contributed by atoms with van der Waals surface area (Å²) in [4.78, 5) is 31.2. The third kappa shape index (κ3) is 5.16. The van der Waals surface area contributed by atoms with Crippen molar-refractivity contribution in [3.63, 3.8) is 0 Å². The predicted octanol–water partition coefficient (Wildman–Crippen LogP) is 3.98. The molecule has 164 valence electrons. The molecule has 0 N–H and O–H groups in total. The minimum atomic E-state index is -0.436. The van der Waals surface area contributed by atoms with Crippen LogP contribution in [0.25, 0.3) is 0 Å². The van der Waals surface area contributed by atoms with Crippen molar-refractivity contribution in [3.8, 4) is 5.75 Å². The molecule has 0 aromatic heterocycles. The molecule has 2 fully saturated rings. The molecule has 2 amide bonds. The van der Waals surface area contributed by atoms with Gasteiger partial charge in [0.25, 0.3) is 5.91 Å². The third-order valence-corrected chi connectivity index (χ3v) is 6.61. The number of amides is 2. The van der Waals surface area contributed by atoms with Crippen molar-refractivity contribution >= 4 is 52.3 Å². The van der Waals surface area contributed by atoms with Crippen LogP contribution in [-0.4, -0.2) is 67.0 Å². The van der Waals surface area contributed by atoms with Crippen molar-refractivity contribution in [2.24, 2.45) is 0 Å². The summed E-state index contributed by atoms with van der Waals surface area (Å²) in [7, 11) is 0. The Morgan fingerprint density at radius 1 is 0.903 bits per heavy atom. The number of nitrogens with zero attached hydrogens (tertiary/aromatic N) is 3. The molecule has 0 saturated carbocycles. The van der Waals surface area contributed by atoms with Gasteiger partial charge in [0.15, 0.2) is 0 Å². The lowest BCUT2D eigenvalue weighted by atomic mass is 10.1. The molecule has 0 unspecified atom stereocenters. The maximum Gasteiger partial charge on any atom is 0.251 e. The van der Waals surface area contributed by atoms with E-state index in [4.69, 9.17) is 39.5 Å². The number of rotatable bonds is 6.